The van der Waals surface area contributed by atoms with E-state index in [0.717, 1.165) is 36.2 Å². The smallest absolute Gasteiger partial charge is 0.152 e. The first-order chi connectivity index (χ1) is 8.65. The molecule has 1 aromatic carbocycles. The van der Waals surface area contributed by atoms with E-state index in [1.54, 1.807) is 0 Å². The standard InChI is InChI=1S/C16H25NO/c1-5-14(6-2)11-17(7-3)16-9-8-13(4)10-15(16)12-18/h8-10,12,14H,5-7,11H2,1-4H3. The van der Waals surface area contributed by atoms with Crippen molar-refractivity contribution in [3.05, 3.63) is 29.3 Å². The van der Waals surface area contributed by atoms with E-state index in [-0.39, 0.29) is 0 Å². The molecule has 0 aliphatic rings. The fourth-order valence-electron chi connectivity index (χ4n) is 2.31. The molecule has 0 heterocycles. The summed E-state index contributed by atoms with van der Waals surface area (Å²) in [6.45, 7) is 10.6. The van der Waals surface area contributed by atoms with Crippen molar-refractivity contribution in [3.8, 4) is 0 Å². The van der Waals surface area contributed by atoms with Gasteiger partial charge in [-0.25, -0.2) is 0 Å². The van der Waals surface area contributed by atoms with E-state index >= 15 is 0 Å². The molecule has 0 spiro atoms. The van der Waals surface area contributed by atoms with Crippen LogP contribution in [0.15, 0.2) is 18.2 Å². The molecular weight excluding hydrogens is 222 g/mol. The lowest BCUT2D eigenvalue weighted by molar-refractivity contribution is 0.112. The molecule has 0 saturated heterocycles. The number of aldehydes is 1. The average Bonchev–Trinajstić information content (AvgIpc) is 2.41. The molecule has 1 rings (SSSR count). The minimum absolute atomic E-state index is 0.700. The first kappa shape index (κ1) is 14.7. The molecule has 0 bridgehead atoms. The molecule has 100 valence electrons. The van der Waals surface area contributed by atoms with Gasteiger partial charge in [0.1, 0.15) is 0 Å². The van der Waals surface area contributed by atoms with Crippen LogP contribution in [0.25, 0.3) is 0 Å². The van der Waals surface area contributed by atoms with Gasteiger partial charge in [0.2, 0.25) is 0 Å². The Kier molecular flexibility index (Phi) is 5.90. The third-order valence-electron chi connectivity index (χ3n) is 3.67. The van der Waals surface area contributed by atoms with Gasteiger partial charge >= 0.3 is 0 Å². The lowest BCUT2D eigenvalue weighted by Crippen LogP contribution is -2.29. The number of carbonyl (C=O) groups excluding carboxylic acids is 1. The molecule has 0 aliphatic carbocycles. The van der Waals surface area contributed by atoms with Crippen LogP contribution in [-0.2, 0) is 0 Å². The predicted octanol–water partition coefficient (Wildman–Crippen LogP) is 4.07. The highest BCUT2D eigenvalue weighted by atomic mass is 16.1. The van der Waals surface area contributed by atoms with Crippen LogP contribution in [0.3, 0.4) is 0 Å². The Bertz CT molecular complexity index is 383. The van der Waals surface area contributed by atoms with E-state index in [1.165, 1.54) is 12.8 Å². The Hall–Kier alpha value is -1.31. The zero-order valence-electron chi connectivity index (χ0n) is 12.1. The van der Waals surface area contributed by atoms with Crippen molar-refractivity contribution in [2.24, 2.45) is 5.92 Å². The van der Waals surface area contributed by atoms with E-state index in [2.05, 4.69) is 37.8 Å². The van der Waals surface area contributed by atoms with Crippen molar-refractivity contribution in [2.75, 3.05) is 18.0 Å². The van der Waals surface area contributed by atoms with Crippen molar-refractivity contribution in [1.29, 1.82) is 0 Å². The molecule has 0 fully saturated rings. The highest BCUT2D eigenvalue weighted by molar-refractivity contribution is 5.85. The molecule has 0 atom stereocenters. The van der Waals surface area contributed by atoms with Crippen LogP contribution in [0, 0.1) is 12.8 Å². The summed E-state index contributed by atoms with van der Waals surface area (Å²) >= 11 is 0. The molecular formula is C16H25NO. The van der Waals surface area contributed by atoms with E-state index in [9.17, 15) is 4.79 Å². The van der Waals surface area contributed by atoms with Crippen LogP contribution in [0.5, 0.6) is 0 Å². The molecule has 2 nitrogen and oxygen atoms in total. The van der Waals surface area contributed by atoms with Crippen LogP contribution in [-0.4, -0.2) is 19.4 Å². The first-order valence-electron chi connectivity index (χ1n) is 6.96. The van der Waals surface area contributed by atoms with Gasteiger partial charge in [0.05, 0.1) is 0 Å². The van der Waals surface area contributed by atoms with E-state index in [1.807, 2.05) is 13.0 Å². The number of aryl methyl sites for hydroxylation is 1. The Morgan fingerprint density at radius 3 is 2.39 bits per heavy atom. The van der Waals surface area contributed by atoms with Crippen molar-refractivity contribution < 1.29 is 4.79 Å². The Labute approximate surface area is 111 Å². The molecule has 0 saturated carbocycles. The maximum atomic E-state index is 11.2. The van der Waals surface area contributed by atoms with Crippen molar-refractivity contribution in [2.45, 2.75) is 40.5 Å². The second-order valence-corrected chi connectivity index (χ2v) is 4.90. The summed E-state index contributed by atoms with van der Waals surface area (Å²) in [7, 11) is 0. The van der Waals surface area contributed by atoms with E-state index in [4.69, 9.17) is 0 Å². The predicted molar refractivity (Wildman–Crippen MR) is 78.5 cm³/mol. The van der Waals surface area contributed by atoms with Crippen LogP contribution >= 0.6 is 0 Å². The molecule has 2 heteroatoms. The normalized spacial score (nSPS) is 10.7. The van der Waals surface area contributed by atoms with Crippen molar-refractivity contribution in [1.82, 2.24) is 0 Å². The molecule has 0 unspecified atom stereocenters. The van der Waals surface area contributed by atoms with Crippen molar-refractivity contribution >= 4 is 12.0 Å². The zero-order chi connectivity index (χ0) is 13.5. The molecule has 18 heavy (non-hydrogen) atoms. The van der Waals surface area contributed by atoms with E-state index in [0.29, 0.717) is 5.92 Å². The average molecular weight is 247 g/mol. The third kappa shape index (κ3) is 3.59. The lowest BCUT2D eigenvalue weighted by Gasteiger charge is -2.28. The van der Waals surface area contributed by atoms with Gasteiger partial charge in [-0.15, -0.1) is 0 Å². The molecule has 0 N–H and O–H groups in total. The van der Waals surface area contributed by atoms with Crippen LogP contribution < -0.4 is 4.90 Å². The van der Waals surface area contributed by atoms with Gasteiger partial charge in [0.25, 0.3) is 0 Å². The van der Waals surface area contributed by atoms with Crippen molar-refractivity contribution in [3.63, 3.8) is 0 Å². The van der Waals surface area contributed by atoms with Gasteiger partial charge < -0.3 is 4.90 Å². The number of hydrogen-bond acceptors (Lipinski definition) is 2. The fraction of sp³-hybridized carbons (Fsp3) is 0.562. The summed E-state index contributed by atoms with van der Waals surface area (Å²) < 4.78 is 0. The quantitative estimate of drug-likeness (QED) is 0.677. The van der Waals surface area contributed by atoms with Gasteiger partial charge in [0, 0.05) is 24.3 Å². The Morgan fingerprint density at radius 2 is 1.89 bits per heavy atom. The van der Waals surface area contributed by atoms with Gasteiger partial charge in [-0.2, -0.15) is 0 Å². The zero-order valence-corrected chi connectivity index (χ0v) is 12.1. The number of nitrogens with zero attached hydrogens (tertiary/aromatic N) is 1. The molecule has 0 amide bonds. The van der Waals surface area contributed by atoms with Crippen LogP contribution in [0.1, 0.15) is 49.5 Å². The van der Waals surface area contributed by atoms with Crippen LogP contribution in [0.2, 0.25) is 0 Å². The maximum absolute atomic E-state index is 11.2. The second-order valence-electron chi connectivity index (χ2n) is 4.90. The SMILES string of the molecule is CCC(CC)CN(CC)c1ccc(C)cc1C=O. The summed E-state index contributed by atoms with van der Waals surface area (Å²) in [4.78, 5) is 13.5. The molecule has 0 aliphatic heterocycles. The molecule has 0 radical (unpaired) electrons. The molecule has 0 aromatic heterocycles. The van der Waals surface area contributed by atoms with E-state index < -0.39 is 0 Å². The second kappa shape index (κ2) is 7.20. The summed E-state index contributed by atoms with van der Waals surface area (Å²) in [6.07, 6.45) is 3.35. The Balaban J connectivity index is 2.97. The van der Waals surface area contributed by atoms with Gasteiger partial charge in [-0.3, -0.25) is 4.79 Å². The topological polar surface area (TPSA) is 20.3 Å². The number of rotatable bonds is 7. The summed E-state index contributed by atoms with van der Waals surface area (Å²) in [5, 5.41) is 0. The molecule has 1 aromatic rings. The highest BCUT2D eigenvalue weighted by Gasteiger charge is 2.13. The fourth-order valence-corrected chi connectivity index (χ4v) is 2.31. The van der Waals surface area contributed by atoms with Gasteiger partial charge in [0.15, 0.2) is 6.29 Å². The largest absolute Gasteiger partial charge is 0.371 e. The minimum atomic E-state index is 0.700. The van der Waals surface area contributed by atoms with Crippen LogP contribution in [0.4, 0.5) is 5.69 Å². The van der Waals surface area contributed by atoms with Gasteiger partial charge in [-0.05, 0) is 31.9 Å². The number of anilines is 1. The van der Waals surface area contributed by atoms with Gasteiger partial charge in [-0.1, -0.05) is 38.3 Å². The lowest BCUT2D eigenvalue weighted by atomic mass is 10.0. The minimum Gasteiger partial charge on any atom is -0.371 e. The Morgan fingerprint density at radius 1 is 1.22 bits per heavy atom. The maximum Gasteiger partial charge on any atom is 0.152 e. The summed E-state index contributed by atoms with van der Waals surface area (Å²) in [5.41, 5.74) is 3.02. The third-order valence-corrected chi connectivity index (χ3v) is 3.67. The monoisotopic (exact) mass is 247 g/mol. The number of benzene rings is 1. The first-order valence-corrected chi connectivity index (χ1v) is 6.96. The number of hydrogen-bond donors (Lipinski definition) is 0. The highest BCUT2D eigenvalue weighted by Crippen LogP contribution is 2.23. The number of carbonyl (C=O) groups is 1. The summed E-state index contributed by atoms with van der Waals surface area (Å²) in [5.74, 6) is 0.700. The summed E-state index contributed by atoms with van der Waals surface area (Å²) in [6, 6.07) is 6.13.